The molecule has 0 radical (unpaired) electrons. The predicted molar refractivity (Wildman–Crippen MR) is 70.0 cm³/mol. The molecule has 0 bridgehead atoms. The minimum absolute atomic E-state index is 0.189. The first-order valence-corrected chi connectivity index (χ1v) is 6.44. The van der Waals surface area contributed by atoms with E-state index in [0.717, 1.165) is 31.9 Å². The van der Waals surface area contributed by atoms with Crippen LogP contribution in [0.3, 0.4) is 0 Å². The van der Waals surface area contributed by atoms with Gasteiger partial charge in [0.25, 0.3) is 0 Å². The molecule has 98 valence electrons. The third kappa shape index (κ3) is 5.84. The average Bonchev–Trinajstić information content (AvgIpc) is 2.68. The quantitative estimate of drug-likeness (QED) is 0.702. The third-order valence-corrected chi connectivity index (χ3v) is 3.04. The summed E-state index contributed by atoms with van der Waals surface area (Å²) in [6, 6.07) is 0. The molecule has 0 saturated carbocycles. The van der Waals surface area contributed by atoms with E-state index in [9.17, 15) is 5.11 Å². The van der Waals surface area contributed by atoms with E-state index in [2.05, 4.69) is 21.5 Å². The lowest BCUT2D eigenvalue weighted by molar-refractivity contribution is 0.164. The molecule has 0 aromatic carbocycles. The minimum Gasteiger partial charge on any atom is -0.393 e. The van der Waals surface area contributed by atoms with Gasteiger partial charge in [-0.15, -0.1) is 0 Å². The number of unbranched alkanes of at least 4 members (excludes halogenated alkanes) is 1. The smallest absolute Gasteiger partial charge is 0.105 e. The minimum atomic E-state index is -0.189. The highest BCUT2D eigenvalue weighted by Crippen LogP contribution is 2.01. The van der Waals surface area contributed by atoms with Crippen LogP contribution in [0.1, 0.15) is 32.0 Å². The van der Waals surface area contributed by atoms with Crippen LogP contribution in [0, 0.1) is 6.92 Å². The molecule has 1 heterocycles. The molecular weight excluding hydrogens is 214 g/mol. The van der Waals surface area contributed by atoms with Crippen LogP contribution >= 0.6 is 0 Å². The van der Waals surface area contributed by atoms with Crippen LogP contribution < -0.4 is 0 Å². The summed E-state index contributed by atoms with van der Waals surface area (Å²) in [7, 11) is 2.12. The lowest BCUT2D eigenvalue weighted by atomic mass is 10.2. The van der Waals surface area contributed by atoms with Crippen LogP contribution in [-0.2, 0) is 6.54 Å². The molecule has 1 aromatic heterocycles. The zero-order valence-corrected chi connectivity index (χ0v) is 11.3. The Labute approximate surface area is 104 Å². The molecule has 4 heteroatoms. The highest BCUT2D eigenvalue weighted by Gasteiger charge is 2.02. The molecule has 1 aromatic rings. The van der Waals surface area contributed by atoms with Crippen molar-refractivity contribution in [1.82, 2.24) is 14.5 Å². The number of aryl methyl sites for hydroxylation is 2. The Hall–Kier alpha value is -0.870. The van der Waals surface area contributed by atoms with Gasteiger partial charge in [-0.25, -0.2) is 4.98 Å². The highest BCUT2D eigenvalue weighted by atomic mass is 16.3. The van der Waals surface area contributed by atoms with Gasteiger partial charge in [0.2, 0.25) is 0 Å². The highest BCUT2D eigenvalue weighted by molar-refractivity contribution is 4.87. The van der Waals surface area contributed by atoms with Gasteiger partial charge in [0.15, 0.2) is 0 Å². The molecule has 1 unspecified atom stereocenters. The molecule has 1 atom stereocenters. The first-order valence-electron chi connectivity index (χ1n) is 6.44. The summed E-state index contributed by atoms with van der Waals surface area (Å²) in [5.74, 6) is 1.09. The van der Waals surface area contributed by atoms with E-state index < -0.39 is 0 Å². The summed E-state index contributed by atoms with van der Waals surface area (Å²) in [5.41, 5.74) is 0. The average molecular weight is 239 g/mol. The van der Waals surface area contributed by atoms with Crippen molar-refractivity contribution in [1.29, 1.82) is 0 Å². The molecule has 0 fully saturated rings. The van der Waals surface area contributed by atoms with Crippen molar-refractivity contribution >= 4 is 0 Å². The molecule has 0 saturated heterocycles. The van der Waals surface area contributed by atoms with E-state index in [1.54, 1.807) is 0 Å². The second-order valence-electron chi connectivity index (χ2n) is 4.82. The normalized spacial score (nSPS) is 13.2. The maximum atomic E-state index is 9.19. The first kappa shape index (κ1) is 14.2. The SMILES string of the molecule is Cc1nccn1CCCCN(C)CCC(C)O. The molecule has 0 aliphatic heterocycles. The number of hydrogen-bond acceptors (Lipinski definition) is 3. The molecular formula is C13H25N3O. The fraction of sp³-hybridized carbons (Fsp3) is 0.769. The van der Waals surface area contributed by atoms with Gasteiger partial charge in [0.1, 0.15) is 5.82 Å². The Balaban J connectivity index is 2.06. The second-order valence-corrected chi connectivity index (χ2v) is 4.82. The van der Waals surface area contributed by atoms with Gasteiger partial charge < -0.3 is 14.6 Å². The van der Waals surface area contributed by atoms with E-state index >= 15 is 0 Å². The van der Waals surface area contributed by atoms with Crippen molar-refractivity contribution < 1.29 is 5.11 Å². The van der Waals surface area contributed by atoms with Crippen molar-refractivity contribution in [3.8, 4) is 0 Å². The molecule has 0 amide bonds. The van der Waals surface area contributed by atoms with Gasteiger partial charge in [-0.2, -0.15) is 0 Å². The van der Waals surface area contributed by atoms with Crippen molar-refractivity contribution in [3.05, 3.63) is 18.2 Å². The van der Waals surface area contributed by atoms with Crippen molar-refractivity contribution in [3.63, 3.8) is 0 Å². The third-order valence-electron chi connectivity index (χ3n) is 3.04. The summed E-state index contributed by atoms with van der Waals surface area (Å²) in [4.78, 5) is 6.49. The molecule has 17 heavy (non-hydrogen) atoms. The summed E-state index contributed by atoms with van der Waals surface area (Å²) in [5, 5.41) is 9.19. The Bertz CT molecular complexity index is 309. The number of aliphatic hydroxyl groups is 1. The fourth-order valence-electron chi connectivity index (χ4n) is 1.82. The lowest BCUT2D eigenvalue weighted by Crippen LogP contribution is -2.23. The number of aromatic nitrogens is 2. The van der Waals surface area contributed by atoms with Gasteiger partial charge in [-0.1, -0.05) is 0 Å². The van der Waals surface area contributed by atoms with Crippen LogP contribution in [0.5, 0.6) is 0 Å². The van der Waals surface area contributed by atoms with Crippen molar-refractivity contribution in [2.75, 3.05) is 20.1 Å². The molecule has 1 rings (SSSR count). The van der Waals surface area contributed by atoms with Crippen LogP contribution in [-0.4, -0.2) is 45.8 Å². The Morgan fingerprint density at radius 1 is 1.41 bits per heavy atom. The monoisotopic (exact) mass is 239 g/mol. The van der Waals surface area contributed by atoms with Crippen LogP contribution in [0.4, 0.5) is 0 Å². The van der Waals surface area contributed by atoms with Gasteiger partial charge in [-0.05, 0) is 46.7 Å². The fourth-order valence-corrected chi connectivity index (χ4v) is 1.82. The number of hydrogen-bond donors (Lipinski definition) is 1. The van der Waals surface area contributed by atoms with E-state index in [0.29, 0.717) is 0 Å². The van der Waals surface area contributed by atoms with Crippen molar-refractivity contribution in [2.45, 2.75) is 45.8 Å². The maximum absolute atomic E-state index is 9.19. The maximum Gasteiger partial charge on any atom is 0.105 e. The van der Waals surface area contributed by atoms with Crippen molar-refractivity contribution in [2.24, 2.45) is 0 Å². The molecule has 4 nitrogen and oxygen atoms in total. The molecule has 0 spiro atoms. The number of rotatable bonds is 8. The van der Waals surface area contributed by atoms with Crippen LogP contribution in [0.15, 0.2) is 12.4 Å². The Kier molecular flexibility index (Phi) is 6.22. The first-order chi connectivity index (χ1) is 8.09. The van der Waals surface area contributed by atoms with E-state index in [1.807, 2.05) is 26.2 Å². The van der Waals surface area contributed by atoms with Gasteiger partial charge >= 0.3 is 0 Å². The van der Waals surface area contributed by atoms with E-state index in [1.165, 1.54) is 12.8 Å². The van der Waals surface area contributed by atoms with Gasteiger partial charge in [0.05, 0.1) is 6.10 Å². The van der Waals surface area contributed by atoms with Crippen LogP contribution in [0.25, 0.3) is 0 Å². The zero-order valence-electron chi connectivity index (χ0n) is 11.3. The second kappa shape index (κ2) is 7.45. The summed E-state index contributed by atoms with van der Waals surface area (Å²) >= 11 is 0. The van der Waals surface area contributed by atoms with E-state index in [4.69, 9.17) is 0 Å². The number of aliphatic hydroxyl groups excluding tert-OH is 1. The zero-order chi connectivity index (χ0) is 12.7. The summed E-state index contributed by atoms with van der Waals surface area (Å²) in [6.07, 6.45) is 6.92. The standard InChI is InChI=1S/C13H25N3O/c1-12(17)6-10-15(3)8-4-5-9-16-11-7-14-13(16)2/h7,11-12,17H,4-6,8-10H2,1-3H3. The lowest BCUT2D eigenvalue weighted by Gasteiger charge is -2.17. The molecule has 0 aliphatic carbocycles. The molecule has 0 aliphatic rings. The van der Waals surface area contributed by atoms with Gasteiger partial charge in [0, 0.05) is 25.5 Å². The van der Waals surface area contributed by atoms with E-state index in [-0.39, 0.29) is 6.10 Å². The molecule has 1 N–H and O–H groups in total. The number of nitrogens with zero attached hydrogens (tertiary/aromatic N) is 3. The van der Waals surface area contributed by atoms with Gasteiger partial charge in [-0.3, -0.25) is 0 Å². The largest absolute Gasteiger partial charge is 0.393 e. The number of imidazole rings is 1. The van der Waals surface area contributed by atoms with Crippen LogP contribution in [0.2, 0.25) is 0 Å². The Morgan fingerprint density at radius 3 is 2.76 bits per heavy atom. The Morgan fingerprint density at radius 2 is 2.18 bits per heavy atom. The predicted octanol–water partition coefficient (Wildman–Crippen LogP) is 1.67. The topological polar surface area (TPSA) is 41.3 Å². The summed E-state index contributed by atoms with van der Waals surface area (Å²) < 4.78 is 2.19. The summed E-state index contributed by atoms with van der Waals surface area (Å²) in [6.45, 7) is 7.00.